The van der Waals surface area contributed by atoms with Crippen LogP contribution in [0.3, 0.4) is 0 Å². The van der Waals surface area contributed by atoms with Crippen LogP contribution in [-0.2, 0) is 14.4 Å². The molecule has 1 aromatic rings. The Balaban J connectivity index is 3.20. The molecule has 0 unspecified atom stereocenters. The fourth-order valence-electron chi connectivity index (χ4n) is 3.87. The molecule has 0 spiro atoms. The van der Waals surface area contributed by atoms with Gasteiger partial charge in [-0.15, -0.1) is 0 Å². The molecule has 3 N–H and O–H groups in total. The summed E-state index contributed by atoms with van der Waals surface area (Å²) in [5, 5.41) is 15.4. The first-order chi connectivity index (χ1) is 15.2. The second kappa shape index (κ2) is 12.0. The highest BCUT2D eigenvalue weighted by Crippen LogP contribution is 2.25. The average Bonchev–Trinajstić information content (AvgIpc) is 2.74. The van der Waals surface area contributed by atoms with Gasteiger partial charge in [-0.25, -0.2) is 4.79 Å². The van der Waals surface area contributed by atoms with Gasteiger partial charge < -0.3 is 20.6 Å². The molecular formula is C26H41N3O4. The Labute approximate surface area is 198 Å². The zero-order valence-corrected chi connectivity index (χ0v) is 21.5. The third-order valence-corrected chi connectivity index (χ3v) is 6.05. The van der Waals surface area contributed by atoms with Gasteiger partial charge in [0.2, 0.25) is 11.8 Å². The minimum Gasteiger partial charge on any atom is -0.478 e. The van der Waals surface area contributed by atoms with Crippen LogP contribution in [0.25, 0.3) is 0 Å². The molecular weight excluding hydrogens is 418 g/mol. The van der Waals surface area contributed by atoms with Crippen LogP contribution in [0.2, 0.25) is 0 Å². The SMILES string of the molecule is CN[C@H](C(=O)N[C@H](C(=O)N(C)[C@H](/C=C(\C)C(=O)O)C(C)C)C(C)(C)C)[C@@H](C)c1ccccc1. The van der Waals surface area contributed by atoms with Gasteiger partial charge >= 0.3 is 5.97 Å². The van der Waals surface area contributed by atoms with Gasteiger partial charge in [-0.1, -0.05) is 78.0 Å². The van der Waals surface area contributed by atoms with Crippen LogP contribution >= 0.6 is 0 Å². The maximum absolute atomic E-state index is 13.6. The quantitative estimate of drug-likeness (QED) is 0.466. The Morgan fingerprint density at radius 3 is 2.03 bits per heavy atom. The van der Waals surface area contributed by atoms with E-state index in [1.807, 2.05) is 71.9 Å². The number of hydrogen-bond donors (Lipinski definition) is 3. The molecule has 0 saturated carbocycles. The van der Waals surface area contributed by atoms with Crippen molar-refractivity contribution < 1.29 is 19.5 Å². The number of likely N-dealkylation sites (N-methyl/N-ethyl adjacent to an activating group) is 2. The molecule has 0 radical (unpaired) electrons. The summed E-state index contributed by atoms with van der Waals surface area (Å²) >= 11 is 0. The molecule has 7 heteroatoms. The van der Waals surface area contributed by atoms with Crippen LogP contribution < -0.4 is 10.6 Å². The molecule has 0 aliphatic carbocycles. The molecule has 1 aromatic carbocycles. The zero-order valence-electron chi connectivity index (χ0n) is 21.5. The van der Waals surface area contributed by atoms with Gasteiger partial charge in [0.1, 0.15) is 6.04 Å². The first-order valence-corrected chi connectivity index (χ1v) is 11.4. The minimum atomic E-state index is -1.02. The molecule has 1 rings (SSSR count). The first kappa shape index (κ1) is 28.4. The van der Waals surface area contributed by atoms with Crippen molar-refractivity contribution in [3.63, 3.8) is 0 Å². The third kappa shape index (κ3) is 7.70. The number of nitrogens with one attached hydrogen (secondary N) is 2. The highest BCUT2D eigenvalue weighted by Gasteiger charge is 2.38. The van der Waals surface area contributed by atoms with E-state index in [-0.39, 0.29) is 29.2 Å². The molecule has 33 heavy (non-hydrogen) atoms. The lowest BCUT2D eigenvalue weighted by Crippen LogP contribution is -2.59. The summed E-state index contributed by atoms with van der Waals surface area (Å²) in [6.45, 7) is 13.1. The fourth-order valence-corrected chi connectivity index (χ4v) is 3.87. The summed E-state index contributed by atoms with van der Waals surface area (Å²) in [7, 11) is 3.39. The van der Waals surface area contributed by atoms with Crippen LogP contribution in [0.4, 0.5) is 0 Å². The Morgan fingerprint density at radius 2 is 1.61 bits per heavy atom. The van der Waals surface area contributed by atoms with Gasteiger partial charge in [0, 0.05) is 18.5 Å². The number of carbonyl (C=O) groups is 3. The maximum atomic E-state index is 13.6. The number of nitrogens with zero attached hydrogens (tertiary/aromatic N) is 1. The molecule has 0 fully saturated rings. The molecule has 2 amide bonds. The van der Waals surface area contributed by atoms with Crippen LogP contribution in [-0.4, -0.2) is 60.0 Å². The van der Waals surface area contributed by atoms with E-state index < -0.39 is 29.5 Å². The topological polar surface area (TPSA) is 98.7 Å². The van der Waals surface area contributed by atoms with E-state index in [1.54, 1.807) is 25.1 Å². The molecule has 4 atom stereocenters. The van der Waals surface area contributed by atoms with Crippen molar-refractivity contribution in [3.8, 4) is 0 Å². The number of rotatable bonds is 10. The number of benzene rings is 1. The second-order valence-corrected chi connectivity index (χ2v) is 10.1. The normalized spacial score (nSPS) is 16.0. The second-order valence-electron chi connectivity index (χ2n) is 10.1. The Morgan fingerprint density at radius 1 is 1.06 bits per heavy atom. The third-order valence-electron chi connectivity index (χ3n) is 6.05. The van der Waals surface area contributed by atoms with Crippen molar-refractivity contribution in [2.24, 2.45) is 11.3 Å². The number of carboxylic acids is 1. The van der Waals surface area contributed by atoms with E-state index in [4.69, 9.17) is 0 Å². The van der Waals surface area contributed by atoms with Crippen LogP contribution in [0.15, 0.2) is 42.0 Å². The van der Waals surface area contributed by atoms with E-state index in [2.05, 4.69) is 10.6 Å². The van der Waals surface area contributed by atoms with Gasteiger partial charge in [-0.05, 0) is 30.9 Å². The van der Waals surface area contributed by atoms with Crippen molar-refractivity contribution in [2.45, 2.75) is 72.5 Å². The number of hydrogen-bond acceptors (Lipinski definition) is 4. The van der Waals surface area contributed by atoms with E-state index in [9.17, 15) is 19.5 Å². The van der Waals surface area contributed by atoms with E-state index in [0.717, 1.165) is 5.56 Å². The van der Waals surface area contributed by atoms with Gasteiger partial charge in [0.25, 0.3) is 0 Å². The summed E-state index contributed by atoms with van der Waals surface area (Å²) < 4.78 is 0. The molecule has 0 aliphatic heterocycles. The van der Waals surface area contributed by atoms with Crippen molar-refractivity contribution >= 4 is 17.8 Å². The number of carboxylic acid groups (broad SMARTS) is 1. The number of carbonyl (C=O) groups excluding carboxylic acids is 2. The van der Waals surface area contributed by atoms with Gasteiger partial charge in [-0.2, -0.15) is 0 Å². The van der Waals surface area contributed by atoms with Gasteiger partial charge in [0.15, 0.2) is 0 Å². The van der Waals surface area contributed by atoms with Crippen molar-refractivity contribution in [3.05, 3.63) is 47.5 Å². The molecule has 0 saturated heterocycles. The van der Waals surface area contributed by atoms with Crippen LogP contribution in [0, 0.1) is 11.3 Å². The minimum absolute atomic E-state index is 0.00673. The molecule has 0 aromatic heterocycles. The largest absolute Gasteiger partial charge is 0.478 e. The number of aliphatic carboxylic acids is 1. The lowest BCUT2D eigenvalue weighted by molar-refractivity contribution is -0.140. The first-order valence-electron chi connectivity index (χ1n) is 11.4. The summed E-state index contributed by atoms with van der Waals surface area (Å²) in [5.41, 5.74) is 0.649. The zero-order chi connectivity index (χ0) is 25.5. The Kier molecular flexibility index (Phi) is 10.3. The molecule has 184 valence electrons. The highest BCUT2D eigenvalue weighted by molar-refractivity contribution is 5.91. The Bertz CT molecular complexity index is 843. The Hall–Kier alpha value is -2.67. The monoisotopic (exact) mass is 459 g/mol. The van der Waals surface area contributed by atoms with Crippen molar-refractivity contribution in [1.82, 2.24) is 15.5 Å². The lowest BCUT2D eigenvalue weighted by atomic mass is 9.84. The average molecular weight is 460 g/mol. The smallest absolute Gasteiger partial charge is 0.331 e. The molecule has 0 bridgehead atoms. The number of amides is 2. The van der Waals surface area contributed by atoms with Crippen LogP contribution in [0.1, 0.15) is 59.9 Å². The summed E-state index contributed by atoms with van der Waals surface area (Å²) in [4.78, 5) is 39.8. The van der Waals surface area contributed by atoms with E-state index in [0.29, 0.717) is 0 Å². The molecule has 0 heterocycles. The summed E-state index contributed by atoms with van der Waals surface area (Å²) in [5.74, 6) is -1.64. The van der Waals surface area contributed by atoms with Crippen molar-refractivity contribution in [2.75, 3.05) is 14.1 Å². The van der Waals surface area contributed by atoms with Crippen molar-refractivity contribution in [1.29, 1.82) is 0 Å². The van der Waals surface area contributed by atoms with Crippen LogP contribution in [0.5, 0.6) is 0 Å². The fraction of sp³-hybridized carbons (Fsp3) is 0.577. The highest BCUT2D eigenvalue weighted by atomic mass is 16.4. The van der Waals surface area contributed by atoms with E-state index >= 15 is 0 Å². The standard InChI is InChI=1S/C26H41N3O4/c1-16(2)20(15-17(3)25(32)33)29(9)24(31)22(26(5,6)7)28-23(30)21(27-8)18(4)19-13-11-10-12-14-19/h10-16,18,20-22,27H,1-9H3,(H,28,30)(H,32,33)/b17-15+/t18-,20+,21-,22+/m0/s1. The summed E-state index contributed by atoms with van der Waals surface area (Å²) in [6, 6.07) is 8.04. The van der Waals surface area contributed by atoms with Gasteiger partial charge in [0.05, 0.1) is 12.1 Å². The predicted octanol–water partition coefficient (Wildman–Crippen LogP) is 3.42. The van der Waals surface area contributed by atoms with E-state index in [1.165, 1.54) is 6.92 Å². The maximum Gasteiger partial charge on any atom is 0.331 e. The molecule has 0 aliphatic rings. The summed E-state index contributed by atoms with van der Waals surface area (Å²) in [6.07, 6.45) is 1.60. The molecule has 7 nitrogen and oxygen atoms in total. The lowest BCUT2D eigenvalue weighted by Gasteiger charge is -2.38. The van der Waals surface area contributed by atoms with Gasteiger partial charge in [-0.3, -0.25) is 9.59 Å². The predicted molar refractivity (Wildman–Crippen MR) is 132 cm³/mol.